The van der Waals surface area contributed by atoms with Crippen LogP contribution in [0.5, 0.6) is 11.5 Å². The van der Waals surface area contributed by atoms with Crippen LogP contribution in [0.4, 0.5) is 0 Å². The Morgan fingerprint density at radius 1 is 1.15 bits per heavy atom. The van der Waals surface area contributed by atoms with Crippen LogP contribution in [-0.2, 0) is 14.3 Å². The predicted octanol–water partition coefficient (Wildman–Crippen LogP) is 5.58. The zero-order chi connectivity index (χ0) is 23.3. The van der Waals surface area contributed by atoms with Gasteiger partial charge < -0.3 is 14.2 Å². The lowest BCUT2D eigenvalue weighted by atomic mass is 9.69. The van der Waals surface area contributed by atoms with Gasteiger partial charge in [0.05, 0.1) is 7.11 Å². The number of aliphatic imine (C=N–C) groups is 1. The van der Waals surface area contributed by atoms with E-state index in [1.807, 2.05) is 43.3 Å². The number of methoxy groups -OCH3 is 1. The van der Waals surface area contributed by atoms with Crippen LogP contribution in [0.3, 0.4) is 0 Å². The van der Waals surface area contributed by atoms with Crippen molar-refractivity contribution in [1.29, 1.82) is 0 Å². The molecule has 2 aliphatic heterocycles. The first kappa shape index (κ1) is 22.2. The van der Waals surface area contributed by atoms with E-state index in [0.717, 1.165) is 21.3 Å². The van der Waals surface area contributed by atoms with E-state index >= 15 is 0 Å². The van der Waals surface area contributed by atoms with Crippen molar-refractivity contribution < 1.29 is 23.8 Å². The van der Waals surface area contributed by atoms with E-state index in [2.05, 4.69) is 15.9 Å². The van der Waals surface area contributed by atoms with Gasteiger partial charge in [-0.05, 0) is 54.7 Å². The average molecular weight is 531 g/mol. The first-order chi connectivity index (χ1) is 15.9. The van der Waals surface area contributed by atoms with Gasteiger partial charge in [-0.25, -0.2) is 0 Å². The number of allylic oxidation sites excluding steroid dienone is 2. The molecule has 0 saturated carbocycles. The molecular formula is C25H21BrClNO5. The Hall–Kier alpha value is -2.64. The van der Waals surface area contributed by atoms with Crippen molar-refractivity contribution in [2.24, 2.45) is 10.9 Å². The number of halogens is 2. The molecule has 3 aliphatic rings. The molecule has 0 N–H and O–H groups in total. The second kappa shape index (κ2) is 8.61. The molecule has 0 amide bonds. The van der Waals surface area contributed by atoms with Crippen LogP contribution in [0.2, 0.25) is 5.02 Å². The molecule has 33 heavy (non-hydrogen) atoms. The van der Waals surface area contributed by atoms with E-state index in [9.17, 15) is 9.59 Å². The van der Waals surface area contributed by atoms with Crippen molar-refractivity contribution in [3.05, 3.63) is 68.3 Å². The Morgan fingerprint density at radius 2 is 1.85 bits per heavy atom. The fourth-order valence-corrected chi connectivity index (χ4v) is 5.66. The SMILES string of the molecule is COC(=O)C1C(C)=NC2=C(C(=O)C[C@@H](c3ccc(Cl)cc3)C2)[C@@H]1c1cc2c(cc1Br)OCO2. The maximum atomic E-state index is 13.6. The molecule has 0 radical (unpaired) electrons. The lowest BCUT2D eigenvalue weighted by Gasteiger charge is -2.36. The summed E-state index contributed by atoms with van der Waals surface area (Å²) in [4.78, 5) is 31.2. The number of ketones is 1. The largest absolute Gasteiger partial charge is 0.468 e. The molecule has 0 aromatic heterocycles. The second-order valence-corrected chi connectivity index (χ2v) is 9.69. The minimum atomic E-state index is -0.707. The normalized spacial score (nSPS) is 23.8. The summed E-state index contributed by atoms with van der Waals surface area (Å²) < 4.78 is 16.9. The fraction of sp³-hybridized carbons (Fsp3) is 0.320. The van der Waals surface area contributed by atoms with Crippen LogP contribution in [0.15, 0.2) is 57.1 Å². The van der Waals surface area contributed by atoms with Crippen LogP contribution in [0.1, 0.15) is 42.7 Å². The molecule has 2 aromatic rings. The molecule has 1 aliphatic carbocycles. The van der Waals surface area contributed by atoms with Crippen LogP contribution in [0.25, 0.3) is 0 Å². The molecular weight excluding hydrogens is 510 g/mol. The molecule has 6 nitrogen and oxygen atoms in total. The van der Waals surface area contributed by atoms with Crippen molar-refractivity contribution >= 4 is 45.0 Å². The third-order valence-electron chi connectivity index (χ3n) is 6.51. The summed E-state index contributed by atoms with van der Waals surface area (Å²) in [5.41, 5.74) is 3.73. The van der Waals surface area contributed by atoms with E-state index in [4.69, 9.17) is 30.8 Å². The molecule has 1 unspecified atom stereocenters. The molecule has 0 saturated heterocycles. The Morgan fingerprint density at radius 3 is 2.55 bits per heavy atom. The number of esters is 1. The van der Waals surface area contributed by atoms with Gasteiger partial charge in [0.15, 0.2) is 17.3 Å². The topological polar surface area (TPSA) is 74.2 Å². The average Bonchev–Trinajstić information content (AvgIpc) is 3.24. The van der Waals surface area contributed by atoms with Gasteiger partial charge in [0.25, 0.3) is 0 Å². The number of rotatable bonds is 3. The second-order valence-electron chi connectivity index (χ2n) is 8.40. The van der Waals surface area contributed by atoms with Gasteiger partial charge in [-0.1, -0.05) is 39.7 Å². The fourth-order valence-electron chi connectivity index (χ4n) is 4.97. The van der Waals surface area contributed by atoms with Crippen LogP contribution in [0, 0.1) is 5.92 Å². The Bertz CT molecular complexity index is 1220. The zero-order valence-corrected chi connectivity index (χ0v) is 20.4. The zero-order valence-electron chi connectivity index (χ0n) is 18.1. The molecule has 2 heterocycles. The van der Waals surface area contributed by atoms with Crippen molar-refractivity contribution in [3.63, 3.8) is 0 Å². The summed E-state index contributed by atoms with van der Waals surface area (Å²) in [7, 11) is 1.35. The monoisotopic (exact) mass is 529 g/mol. The molecule has 3 atom stereocenters. The number of hydrogen-bond acceptors (Lipinski definition) is 6. The van der Waals surface area contributed by atoms with Gasteiger partial charge >= 0.3 is 5.97 Å². The Balaban J connectivity index is 1.63. The number of carbonyl (C=O) groups is 2. The minimum absolute atomic E-state index is 0.000544. The smallest absolute Gasteiger partial charge is 0.315 e. The molecule has 0 bridgehead atoms. The molecule has 2 aromatic carbocycles. The summed E-state index contributed by atoms with van der Waals surface area (Å²) in [6.45, 7) is 1.95. The number of benzene rings is 2. The van der Waals surface area contributed by atoms with E-state index in [1.54, 1.807) is 0 Å². The van der Waals surface area contributed by atoms with Gasteiger partial charge in [0.1, 0.15) is 5.92 Å². The van der Waals surface area contributed by atoms with Crippen molar-refractivity contribution in [1.82, 2.24) is 0 Å². The number of ether oxygens (including phenoxy) is 3. The van der Waals surface area contributed by atoms with Crippen molar-refractivity contribution in [3.8, 4) is 11.5 Å². The quantitative estimate of drug-likeness (QED) is 0.485. The predicted molar refractivity (Wildman–Crippen MR) is 127 cm³/mol. The molecule has 5 rings (SSSR count). The van der Waals surface area contributed by atoms with E-state index in [-0.39, 0.29) is 18.5 Å². The third kappa shape index (κ3) is 3.87. The van der Waals surface area contributed by atoms with E-state index < -0.39 is 17.8 Å². The lowest BCUT2D eigenvalue weighted by Crippen LogP contribution is -2.38. The van der Waals surface area contributed by atoms with E-state index in [0.29, 0.717) is 40.6 Å². The molecule has 0 fully saturated rings. The van der Waals surface area contributed by atoms with Crippen LogP contribution >= 0.6 is 27.5 Å². The van der Waals surface area contributed by atoms with Gasteiger partial charge in [-0.15, -0.1) is 0 Å². The highest BCUT2D eigenvalue weighted by Crippen LogP contribution is 2.50. The number of hydrogen-bond donors (Lipinski definition) is 0. The van der Waals surface area contributed by atoms with Gasteiger partial charge in [-0.2, -0.15) is 0 Å². The number of Topliss-reactive ketones (excluding diaryl/α,β-unsaturated/α-hetero) is 1. The number of fused-ring (bicyclic) bond motifs is 1. The Labute approximate surface area is 204 Å². The summed E-state index contributed by atoms with van der Waals surface area (Å²) in [5.74, 6) is -0.481. The number of nitrogens with zero attached hydrogens (tertiary/aromatic N) is 1. The molecule has 8 heteroatoms. The third-order valence-corrected chi connectivity index (χ3v) is 7.45. The van der Waals surface area contributed by atoms with Gasteiger partial charge in [0, 0.05) is 38.8 Å². The highest BCUT2D eigenvalue weighted by Gasteiger charge is 2.45. The first-order valence-electron chi connectivity index (χ1n) is 10.6. The lowest BCUT2D eigenvalue weighted by molar-refractivity contribution is -0.143. The van der Waals surface area contributed by atoms with E-state index in [1.165, 1.54) is 7.11 Å². The van der Waals surface area contributed by atoms with Gasteiger partial charge in [-0.3, -0.25) is 14.6 Å². The van der Waals surface area contributed by atoms with Gasteiger partial charge in [0.2, 0.25) is 6.79 Å². The summed E-state index contributed by atoms with van der Waals surface area (Å²) in [5, 5.41) is 0.654. The summed E-state index contributed by atoms with van der Waals surface area (Å²) >= 11 is 9.67. The highest BCUT2D eigenvalue weighted by atomic mass is 79.9. The molecule has 0 spiro atoms. The maximum Gasteiger partial charge on any atom is 0.315 e. The minimum Gasteiger partial charge on any atom is -0.468 e. The standard InChI is InChI=1S/C25H21BrClNO5/c1-12-22(25(30)31-2)23(16-9-20-21(10-17(16)26)33-11-32-20)24-18(28-12)7-14(8-19(24)29)13-3-5-15(27)6-4-13/h3-6,9-10,14,22-23H,7-8,11H2,1-2H3/t14-,22?,23+/m0/s1. The van der Waals surface area contributed by atoms with Crippen molar-refractivity contribution in [2.45, 2.75) is 31.6 Å². The van der Waals surface area contributed by atoms with Crippen LogP contribution in [-0.4, -0.2) is 31.4 Å². The summed E-state index contributed by atoms with van der Waals surface area (Å²) in [6, 6.07) is 11.2. The highest BCUT2D eigenvalue weighted by molar-refractivity contribution is 9.10. The Kier molecular flexibility index (Phi) is 5.79. The number of carbonyl (C=O) groups excluding carboxylic acids is 2. The van der Waals surface area contributed by atoms with Crippen LogP contribution < -0.4 is 9.47 Å². The molecule has 170 valence electrons. The van der Waals surface area contributed by atoms with Crippen molar-refractivity contribution in [2.75, 3.05) is 13.9 Å². The first-order valence-corrected chi connectivity index (χ1v) is 11.8. The maximum absolute atomic E-state index is 13.6. The summed E-state index contributed by atoms with van der Waals surface area (Å²) in [6.07, 6.45) is 0.939.